The Morgan fingerprint density at radius 1 is 1.35 bits per heavy atom. The molecule has 0 spiro atoms. The largest absolute Gasteiger partial charge is 0.325 e. The van der Waals surface area contributed by atoms with Crippen molar-refractivity contribution in [2.24, 2.45) is 5.73 Å². The van der Waals surface area contributed by atoms with Crippen LogP contribution in [0.1, 0.15) is 5.56 Å². The zero-order chi connectivity index (χ0) is 11.8. The normalized spacial score (nSPS) is 17.3. The minimum absolute atomic E-state index is 0.335. The van der Waals surface area contributed by atoms with E-state index in [0.717, 1.165) is 35.6 Å². The third kappa shape index (κ3) is 2.02. The van der Waals surface area contributed by atoms with Crippen LogP contribution in [0.5, 0.6) is 0 Å². The molecule has 3 rings (SSSR count). The Kier molecular flexibility index (Phi) is 2.74. The lowest BCUT2D eigenvalue weighted by atomic mass is 10.1. The van der Waals surface area contributed by atoms with Crippen LogP contribution in [0.4, 0.5) is 0 Å². The molecule has 2 heterocycles. The standard InChI is InChI=1S/C13H14ClN3/c14-12-4-3-9(6-17-7-10(15)8-17)13-11(12)2-1-5-16-13/h1-5,10H,6-8,15H2. The molecule has 1 aliphatic heterocycles. The van der Waals surface area contributed by atoms with Crippen molar-refractivity contribution in [3.63, 3.8) is 0 Å². The van der Waals surface area contributed by atoms with Gasteiger partial charge in [0, 0.05) is 42.3 Å². The van der Waals surface area contributed by atoms with Gasteiger partial charge in [0.15, 0.2) is 0 Å². The average Bonchev–Trinajstić information content (AvgIpc) is 2.31. The van der Waals surface area contributed by atoms with E-state index in [1.807, 2.05) is 24.4 Å². The number of pyridine rings is 1. The molecule has 0 amide bonds. The van der Waals surface area contributed by atoms with Crippen LogP contribution in [-0.4, -0.2) is 29.0 Å². The van der Waals surface area contributed by atoms with Gasteiger partial charge in [0.25, 0.3) is 0 Å². The Hall–Kier alpha value is -1.16. The molecule has 4 heteroatoms. The van der Waals surface area contributed by atoms with Gasteiger partial charge >= 0.3 is 0 Å². The number of nitrogens with two attached hydrogens (primary N) is 1. The summed E-state index contributed by atoms with van der Waals surface area (Å²) in [5.41, 5.74) is 8.00. The second kappa shape index (κ2) is 4.26. The van der Waals surface area contributed by atoms with E-state index in [4.69, 9.17) is 17.3 Å². The summed E-state index contributed by atoms with van der Waals surface area (Å²) in [5.74, 6) is 0. The zero-order valence-electron chi connectivity index (χ0n) is 9.44. The number of rotatable bonds is 2. The van der Waals surface area contributed by atoms with E-state index in [1.165, 1.54) is 5.56 Å². The number of halogens is 1. The highest BCUT2D eigenvalue weighted by atomic mass is 35.5. The van der Waals surface area contributed by atoms with Crippen molar-refractivity contribution < 1.29 is 0 Å². The molecule has 1 saturated heterocycles. The predicted molar refractivity (Wildman–Crippen MR) is 70.0 cm³/mol. The molecule has 88 valence electrons. The smallest absolute Gasteiger partial charge is 0.0761 e. The third-order valence-corrected chi connectivity index (χ3v) is 3.51. The predicted octanol–water partition coefficient (Wildman–Crippen LogP) is 2.03. The molecule has 1 aromatic carbocycles. The number of likely N-dealkylation sites (tertiary alicyclic amines) is 1. The molecule has 17 heavy (non-hydrogen) atoms. The maximum Gasteiger partial charge on any atom is 0.0761 e. The van der Waals surface area contributed by atoms with Crippen molar-refractivity contribution in [2.45, 2.75) is 12.6 Å². The first-order valence-electron chi connectivity index (χ1n) is 5.74. The van der Waals surface area contributed by atoms with E-state index in [1.54, 1.807) is 0 Å². The number of fused-ring (bicyclic) bond motifs is 1. The molecule has 0 radical (unpaired) electrons. The van der Waals surface area contributed by atoms with E-state index in [2.05, 4.69) is 16.0 Å². The van der Waals surface area contributed by atoms with Gasteiger partial charge < -0.3 is 5.73 Å². The van der Waals surface area contributed by atoms with Gasteiger partial charge in [-0.05, 0) is 23.8 Å². The van der Waals surface area contributed by atoms with Crippen LogP contribution in [0.3, 0.4) is 0 Å². The van der Waals surface area contributed by atoms with Crippen molar-refractivity contribution in [3.05, 3.63) is 41.0 Å². The van der Waals surface area contributed by atoms with Crippen LogP contribution in [0.25, 0.3) is 10.9 Å². The molecule has 2 N–H and O–H groups in total. The average molecular weight is 248 g/mol. The van der Waals surface area contributed by atoms with Gasteiger partial charge in [-0.1, -0.05) is 17.7 Å². The highest BCUT2D eigenvalue weighted by Crippen LogP contribution is 2.26. The second-order valence-corrected chi connectivity index (χ2v) is 4.97. The molecule has 2 aromatic rings. The van der Waals surface area contributed by atoms with E-state index in [-0.39, 0.29) is 0 Å². The SMILES string of the molecule is NC1CN(Cc2ccc(Cl)c3cccnc23)C1. The molecule has 1 fully saturated rings. The monoisotopic (exact) mass is 247 g/mol. The maximum absolute atomic E-state index is 6.16. The first kappa shape index (κ1) is 11.0. The lowest BCUT2D eigenvalue weighted by Crippen LogP contribution is -2.54. The lowest BCUT2D eigenvalue weighted by Gasteiger charge is -2.36. The fraction of sp³-hybridized carbons (Fsp3) is 0.308. The molecule has 0 unspecified atom stereocenters. The summed E-state index contributed by atoms with van der Waals surface area (Å²) in [4.78, 5) is 6.75. The molecule has 0 atom stereocenters. The molecule has 0 saturated carbocycles. The van der Waals surface area contributed by atoms with Gasteiger partial charge in [0.1, 0.15) is 0 Å². The van der Waals surface area contributed by atoms with Crippen molar-refractivity contribution >= 4 is 22.5 Å². The molecule has 3 nitrogen and oxygen atoms in total. The highest BCUT2D eigenvalue weighted by Gasteiger charge is 2.23. The lowest BCUT2D eigenvalue weighted by molar-refractivity contribution is 0.143. The Morgan fingerprint density at radius 2 is 2.18 bits per heavy atom. The van der Waals surface area contributed by atoms with Gasteiger partial charge in [-0.25, -0.2) is 0 Å². The summed E-state index contributed by atoms with van der Waals surface area (Å²) >= 11 is 6.16. The van der Waals surface area contributed by atoms with Crippen molar-refractivity contribution in [1.29, 1.82) is 0 Å². The molecular formula is C13H14ClN3. The Bertz CT molecular complexity index is 549. The number of hydrogen-bond acceptors (Lipinski definition) is 3. The van der Waals surface area contributed by atoms with Gasteiger partial charge in [-0.2, -0.15) is 0 Å². The van der Waals surface area contributed by atoms with Gasteiger partial charge in [-0.15, -0.1) is 0 Å². The van der Waals surface area contributed by atoms with E-state index in [9.17, 15) is 0 Å². The zero-order valence-corrected chi connectivity index (χ0v) is 10.2. The van der Waals surface area contributed by atoms with Crippen LogP contribution in [0.15, 0.2) is 30.5 Å². The van der Waals surface area contributed by atoms with E-state index < -0.39 is 0 Å². The number of hydrogen-bond donors (Lipinski definition) is 1. The summed E-state index contributed by atoms with van der Waals surface area (Å²) in [6.45, 7) is 2.84. The first-order valence-corrected chi connectivity index (χ1v) is 6.12. The molecule has 1 aromatic heterocycles. The summed E-state index contributed by atoms with van der Waals surface area (Å²) in [6.07, 6.45) is 1.81. The Balaban J connectivity index is 1.96. The number of aromatic nitrogens is 1. The van der Waals surface area contributed by atoms with Crippen molar-refractivity contribution in [1.82, 2.24) is 9.88 Å². The molecule has 0 bridgehead atoms. The Morgan fingerprint density at radius 3 is 2.94 bits per heavy atom. The van der Waals surface area contributed by atoms with Gasteiger partial charge in [0.2, 0.25) is 0 Å². The summed E-state index contributed by atoms with van der Waals surface area (Å²) in [5, 5.41) is 1.79. The van der Waals surface area contributed by atoms with Crippen LogP contribution in [0.2, 0.25) is 5.02 Å². The van der Waals surface area contributed by atoms with Crippen LogP contribution in [0, 0.1) is 0 Å². The van der Waals surface area contributed by atoms with Crippen molar-refractivity contribution in [3.8, 4) is 0 Å². The highest BCUT2D eigenvalue weighted by molar-refractivity contribution is 6.35. The molecule has 0 aliphatic carbocycles. The van der Waals surface area contributed by atoms with E-state index in [0.29, 0.717) is 6.04 Å². The number of benzene rings is 1. The molecule has 1 aliphatic rings. The number of nitrogens with zero attached hydrogens (tertiary/aromatic N) is 2. The summed E-state index contributed by atoms with van der Waals surface area (Å²) in [6, 6.07) is 8.26. The van der Waals surface area contributed by atoms with Gasteiger partial charge in [0.05, 0.1) is 5.52 Å². The second-order valence-electron chi connectivity index (χ2n) is 4.56. The first-order chi connectivity index (χ1) is 8.24. The minimum Gasteiger partial charge on any atom is -0.325 e. The Labute approximate surface area is 105 Å². The van der Waals surface area contributed by atoms with Crippen LogP contribution >= 0.6 is 11.6 Å². The maximum atomic E-state index is 6.16. The topological polar surface area (TPSA) is 42.1 Å². The fourth-order valence-electron chi connectivity index (χ4n) is 2.30. The minimum atomic E-state index is 0.335. The van der Waals surface area contributed by atoms with Crippen LogP contribution in [-0.2, 0) is 6.54 Å². The molecular weight excluding hydrogens is 234 g/mol. The summed E-state index contributed by atoms with van der Waals surface area (Å²) in [7, 11) is 0. The van der Waals surface area contributed by atoms with Crippen LogP contribution < -0.4 is 5.73 Å². The quantitative estimate of drug-likeness (QED) is 0.883. The van der Waals surface area contributed by atoms with Crippen molar-refractivity contribution in [2.75, 3.05) is 13.1 Å². The van der Waals surface area contributed by atoms with E-state index >= 15 is 0 Å². The fourth-order valence-corrected chi connectivity index (χ4v) is 2.52. The third-order valence-electron chi connectivity index (χ3n) is 3.18. The van der Waals surface area contributed by atoms with Gasteiger partial charge in [-0.3, -0.25) is 9.88 Å². The summed E-state index contributed by atoms with van der Waals surface area (Å²) < 4.78 is 0.